The number of nitrogen functional groups attached to an aromatic ring is 1. The molecule has 4 N–H and O–H groups in total. The van der Waals surface area contributed by atoms with Gasteiger partial charge in [0.05, 0.1) is 18.8 Å². The predicted octanol–water partition coefficient (Wildman–Crippen LogP) is 2.54. The van der Waals surface area contributed by atoms with E-state index in [9.17, 15) is 14.7 Å². The average molecular weight is 384 g/mol. The molecule has 0 radical (unpaired) electrons. The summed E-state index contributed by atoms with van der Waals surface area (Å²) in [5, 5.41) is 14.2. The first kappa shape index (κ1) is 18.7. The van der Waals surface area contributed by atoms with Gasteiger partial charge in [0.2, 0.25) is 0 Å². The molecule has 1 amide bonds. The second kappa shape index (κ2) is 7.41. The molecule has 1 atom stereocenters. The number of benzene rings is 2. The normalized spacial score (nSPS) is 20.3. The van der Waals surface area contributed by atoms with Crippen LogP contribution in [0.25, 0.3) is 10.8 Å². The Hall–Kier alpha value is -2.64. The predicted molar refractivity (Wildman–Crippen MR) is 104 cm³/mol. The van der Waals surface area contributed by atoms with Gasteiger partial charge in [0.15, 0.2) is 5.79 Å². The Morgan fingerprint density at radius 2 is 1.71 bits per heavy atom. The molecule has 7 nitrogen and oxygen atoms in total. The Bertz CT molecular complexity index is 897. The highest BCUT2D eigenvalue weighted by atomic mass is 16.7. The lowest BCUT2D eigenvalue weighted by molar-refractivity contribution is -0.185. The summed E-state index contributed by atoms with van der Waals surface area (Å²) in [7, 11) is 0. The minimum absolute atomic E-state index is 0.179. The van der Waals surface area contributed by atoms with Gasteiger partial charge in [0.1, 0.15) is 6.04 Å². The number of carboxylic acid groups (broad SMARTS) is 1. The molecule has 1 saturated carbocycles. The molecule has 148 valence electrons. The topological polar surface area (TPSA) is 111 Å². The fraction of sp³-hybridized carbons (Fsp3) is 0.429. The van der Waals surface area contributed by atoms with Crippen LogP contribution < -0.4 is 11.1 Å². The van der Waals surface area contributed by atoms with E-state index in [1.54, 1.807) is 12.1 Å². The third kappa shape index (κ3) is 3.55. The molecule has 1 aliphatic heterocycles. The first-order valence-electron chi connectivity index (χ1n) is 9.57. The zero-order chi connectivity index (χ0) is 19.7. The number of aliphatic carboxylic acids is 1. The van der Waals surface area contributed by atoms with E-state index in [1.807, 2.05) is 24.3 Å². The maximum atomic E-state index is 12.8. The van der Waals surface area contributed by atoms with Crippen LogP contribution >= 0.6 is 0 Å². The van der Waals surface area contributed by atoms with Crippen LogP contribution in [0.1, 0.15) is 36.0 Å². The second-order valence-corrected chi connectivity index (χ2v) is 7.52. The van der Waals surface area contributed by atoms with Crippen LogP contribution in [-0.4, -0.2) is 42.0 Å². The number of fused-ring (bicyclic) bond motifs is 1. The van der Waals surface area contributed by atoms with Gasteiger partial charge in [-0.1, -0.05) is 24.3 Å². The summed E-state index contributed by atoms with van der Waals surface area (Å²) >= 11 is 0. The van der Waals surface area contributed by atoms with Crippen molar-refractivity contribution >= 4 is 28.3 Å². The molecule has 1 spiro atoms. The number of ether oxygens (including phenoxy) is 2. The Kier molecular flexibility index (Phi) is 4.95. The minimum Gasteiger partial charge on any atom is -0.480 e. The Balaban J connectivity index is 1.50. The van der Waals surface area contributed by atoms with Crippen LogP contribution in [-0.2, 0) is 14.3 Å². The Morgan fingerprint density at radius 3 is 2.32 bits per heavy atom. The van der Waals surface area contributed by atoms with Crippen LogP contribution in [0.3, 0.4) is 0 Å². The van der Waals surface area contributed by atoms with Crippen molar-refractivity contribution in [1.82, 2.24) is 5.32 Å². The maximum absolute atomic E-state index is 12.8. The average Bonchev–Trinajstić information content (AvgIpc) is 3.14. The highest BCUT2D eigenvalue weighted by Crippen LogP contribution is 2.39. The number of hydrogen-bond donors (Lipinski definition) is 3. The van der Waals surface area contributed by atoms with Gasteiger partial charge in [-0.05, 0) is 41.7 Å². The fourth-order valence-electron chi connectivity index (χ4n) is 4.25. The third-order valence-electron chi connectivity index (χ3n) is 5.79. The summed E-state index contributed by atoms with van der Waals surface area (Å²) in [6.45, 7) is 1.15. The largest absolute Gasteiger partial charge is 0.480 e. The molecule has 7 heteroatoms. The van der Waals surface area contributed by atoms with Crippen LogP contribution in [0, 0.1) is 5.92 Å². The Labute approximate surface area is 162 Å². The van der Waals surface area contributed by atoms with Crippen LogP contribution in [0.4, 0.5) is 5.69 Å². The summed E-state index contributed by atoms with van der Waals surface area (Å²) in [5.74, 6) is -2.25. The molecule has 0 aromatic heterocycles. The van der Waals surface area contributed by atoms with Crippen molar-refractivity contribution in [2.75, 3.05) is 18.9 Å². The van der Waals surface area contributed by atoms with Crippen molar-refractivity contribution in [3.8, 4) is 0 Å². The number of nitrogens with two attached hydrogens (primary N) is 1. The number of carbonyl (C=O) groups excluding carboxylic acids is 1. The van der Waals surface area contributed by atoms with Gasteiger partial charge in [0, 0.05) is 18.5 Å². The SMILES string of the molecule is Nc1cc2ccccc2cc1C(=O)NC(C(=O)O)C1CCC2(CC1)OCCO2. The monoisotopic (exact) mass is 384 g/mol. The summed E-state index contributed by atoms with van der Waals surface area (Å²) in [6.07, 6.45) is 2.50. The molecule has 2 aromatic carbocycles. The number of nitrogens with one attached hydrogen (secondary N) is 1. The Morgan fingerprint density at radius 1 is 1.11 bits per heavy atom. The van der Waals surface area contributed by atoms with Crippen LogP contribution in [0.2, 0.25) is 0 Å². The van der Waals surface area contributed by atoms with Crippen molar-refractivity contribution < 1.29 is 24.2 Å². The number of carbonyl (C=O) groups is 2. The molecule has 1 saturated heterocycles. The molecule has 4 rings (SSSR count). The van der Waals surface area contributed by atoms with Crippen molar-refractivity contribution in [1.29, 1.82) is 0 Å². The lowest BCUT2D eigenvalue weighted by Crippen LogP contribution is -2.49. The van der Waals surface area contributed by atoms with Crippen molar-refractivity contribution in [2.45, 2.75) is 37.5 Å². The molecule has 28 heavy (non-hydrogen) atoms. The molecule has 1 aliphatic carbocycles. The third-order valence-corrected chi connectivity index (χ3v) is 5.79. The number of hydrogen-bond acceptors (Lipinski definition) is 5. The fourth-order valence-corrected chi connectivity index (χ4v) is 4.25. The van der Waals surface area contributed by atoms with Gasteiger partial charge >= 0.3 is 5.97 Å². The maximum Gasteiger partial charge on any atom is 0.326 e. The molecule has 1 heterocycles. The van der Waals surface area contributed by atoms with E-state index in [2.05, 4.69) is 5.32 Å². The van der Waals surface area contributed by atoms with E-state index in [4.69, 9.17) is 15.2 Å². The smallest absolute Gasteiger partial charge is 0.326 e. The van der Waals surface area contributed by atoms with E-state index in [1.165, 1.54) is 0 Å². The van der Waals surface area contributed by atoms with Gasteiger partial charge in [0.25, 0.3) is 5.91 Å². The number of rotatable bonds is 4. The highest BCUT2D eigenvalue weighted by Gasteiger charge is 2.43. The molecular weight excluding hydrogens is 360 g/mol. The van der Waals surface area contributed by atoms with E-state index >= 15 is 0 Å². The number of anilines is 1. The zero-order valence-electron chi connectivity index (χ0n) is 15.5. The van der Waals surface area contributed by atoms with E-state index < -0.39 is 23.7 Å². The van der Waals surface area contributed by atoms with Gasteiger partial charge in [-0.3, -0.25) is 4.79 Å². The first-order chi connectivity index (χ1) is 13.5. The van der Waals surface area contributed by atoms with E-state index in [0.717, 1.165) is 10.8 Å². The number of carboxylic acids is 1. The molecule has 2 aromatic rings. The summed E-state index contributed by atoms with van der Waals surface area (Å²) in [5.41, 5.74) is 6.68. The van der Waals surface area contributed by atoms with Crippen molar-refractivity contribution in [2.24, 2.45) is 5.92 Å². The molecular formula is C21H24N2O5. The van der Waals surface area contributed by atoms with Gasteiger partial charge in [-0.25, -0.2) is 4.79 Å². The standard InChI is InChI=1S/C21H24N2O5/c22-17-12-15-4-2-1-3-14(15)11-16(17)19(24)23-18(20(25)26)13-5-7-21(8-6-13)27-9-10-28-21/h1-4,11-13,18H,5-10,22H2,(H,23,24)(H,25,26). The summed E-state index contributed by atoms with van der Waals surface area (Å²) in [6, 6.07) is 10.0. The molecule has 0 bridgehead atoms. The molecule has 2 fully saturated rings. The van der Waals surface area contributed by atoms with Gasteiger partial charge < -0.3 is 25.6 Å². The summed E-state index contributed by atoms with van der Waals surface area (Å²) < 4.78 is 11.4. The van der Waals surface area contributed by atoms with Gasteiger partial charge in [-0.15, -0.1) is 0 Å². The van der Waals surface area contributed by atoms with Crippen molar-refractivity contribution in [3.63, 3.8) is 0 Å². The van der Waals surface area contributed by atoms with Crippen LogP contribution in [0.15, 0.2) is 36.4 Å². The lowest BCUT2D eigenvalue weighted by atomic mass is 9.80. The quantitative estimate of drug-likeness (QED) is 0.699. The van der Waals surface area contributed by atoms with E-state index in [-0.39, 0.29) is 5.92 Å². The minimum atomic E-state index is -1.04. The zero-order valence-corrected chi connectivity index (χ0v) is 15.5. The van der Waals surface area contributed by atoms with Gasteiger partial charge in [-0.2, -0.15) is 0 Å². The van der Waals surface area contributed by atoms with E-state index in [0.29, 0.717) is 50.1 Å². The molecule has 1 unspecified atom stereocenters. The van der Waals surface area contributed by atoms with Crippen molar-refractivity contribution in [3.05, 3.63) is 42.0 Å². The molecule has 2 aliphatic rings. The lowest BCUT2D eigenvalue weighted by Gasteiger charge is -2.37. The summed E-state index contributed by atoms with van der Waals surface area (Å²) in [4.78, 5) is 24.7. The second-order valence-electron chi connectivity index (χ2n) is 7.52. The number of amides is 1. The highest BCUT2D eigenvalue weighted by molar-refractivity contribution is 6.05. The van der Waals surface area contributed by atoms with Crippen LogP contribution in [0.5, 0.6) is 0 Å². The first-order valence-corrected chi connectivity index (χ1v) is 9.57.